The molecule has 1 aliphatic heterocycles. The van der Waals surface area contributed by atoms with Crippen molar-refractivity contribution >= 4 is 11.0 Å². The second-order valence-corrected chi connectivity index (χ2v) is 3.75. The highest BCUT2D eigenvalue weighted by Crippen LogP contribution is 2.36. The van der Waals surface area contributed by atoms with Crippen molar-refractivity contribution in [3.63, 3.8) is 0 Å². The fourth-order valence-corrected chi connectivity index (χ4v) is 1.87. The van der Waals surface area contributed by atoms with E-state index in [1.54, 1.807) is 12.1 Å². The van der Waals surface area contributed by atoms with Gasteiger partial charge in [0.25, 0.3) is 0 Å². The molecular formula is C12H11NO4. The Hall–Kier alpha value is -2.01. The number of hydrogen-bond donors (Lipinski definition) is 1. The third-order valence-corrected chi connectivity index (χ3v) is 2.66. The van der Waals surface area contributed by atoms with Gasteiger partial charge in [-0.2, -0.15) is 0 Å². The van der Waals surface area contributed by atoms with Gasteiger partial charge in [-0.1, -0.05) is 0 Å². The van der Waals surface area contributed by atoms with Crippen LogP contribution in [0.5, 0.6) is 11.5 Å². The number of rotatable bonds is 1. The first-order valence-electron chi connectivity index (χ1n) is 5.35. The molecule has 1 aliphatic rings. The first kappa shape index (κ1) is 10.2. The summed E-state index contributed by atoms with van der Waals surface area (Å²) in [6, 6.07) is 4.79. The summed E-state index contributed by atoms with van der Waals surface area (Å²) in [6.07, 6.45) is 0. The quantitative estimate of drug-likeness (QED) is 0.796. The van der Waals surface area contributed by atoms with E-state index in [9.17, 15) is 4.79 Å². The minimum absolute atomic E-state index is 0.122. The molecule has 17 heavy (non-hydrogen) atoms. The SMILES string of the molecule is NCc1cc(=O)c2ccc3c(c2o1)OCCO3. The van der Waals surface area contributed by atoms with Crippen LogP contribution in [0.15, 0.2) is 27.4 Å². The van der Waals surface area contributed by atoms with Gasteiger partial charge >= 0.3 is 0 Å². The van der Waals surface area contributed by atoms with Gasteiger partial charge in [0.1, 0.15) is 19.0 Å². The third-order valence-electron chi connectivity index (χ3n) is 2.66. The maximum atomic E-state index is 11.8. The zero-order chi connectivity index (χ0) is 11.8. The van der Waals surface area contributed by atoms with Crippen LogP contribution in [0.25, 0.3) is 11.0 Å². The molecule has 0 radical (unpaired) electrons. The van der Waals surface area contributed by atoms with Gasteiger partial charge in [0.05, 0.1) is 11.9 Å². The Bertz CT molecular complexity index is 632. The standard InChI is InChI=1S/C12H11NO4/c13-6-7-5-9(14)8-1-2-10-12(11(8)17-7)16-4-3-15-10/h1-2,5H,3-4,6,13H2. The molecule has 2 N–H and O–H groups in total. The number of fused-ring (bicyclic) bond motifs is 3. The van der Waals surface area contributed by atoms with E-state index >= 15 is 0 Å². The molecule has 0 atom stereocenters. The summed E-state index contributed by atoms with van der Waals surface area (Å²) in [6.45, 7) is 1.12. The first-order chi connectivity index (χ1) is 8.29. The van der Waals surface area contributed by atoms with E-state index in [1.807, 2.05) is 0 Å². The third kappa shape index (κ3) is 1.55. The van der Waals surface area contributed by atoms with Crippen LogP contribution in [-0.2, 0) is 6.54 Å². The van der Waals surface area contributed by atoms with Gasteiger partial charge in [-0.3, -0.25) is 4.79 Å². The lowest BCUT2D eigenvalue weighted by Crippen LogP contribution is -2.16. The van der Waals surface area contributed by atoms with Crippen molar-refractivity contribution in [2.24, 2.45) is 5.73 Å². The lowest BCUT2D eigenvalue weighted by Gasteiger charge is -2.18. The highest BCUT2D eigenvalue weighted by molar-refractivity contribution is 5.85. The van der Waals surface area contributed by atoms with Crippen molar-refractivity contribution in [1.29, 1.82) is 0 Å². The lowest BCUT2D eigenvalue weighted by molar-refractivity contribution is 0.171. The zero-order valence-electron chi connectivity index (χ0n) is 9.06. The summed E-state index contributed by atoms with van der Waals surface area (Å²) in [5.41, 5.74) is 5.77. The van der Waals surface area contributed by atoms with E-state index in [2.05, 4.69) is 0 Å². The molecule has 88 valence electrons. The van der Waals surface area contributed by atoms with Crippen molar-refractivity contribution < 1.29 is 13.9 Å². The van der Waals surface area contributed by atoms with E-state index in [0.717, 1.165) is 0 Å². The number of benzene rings is 1. The van der Waals surface area contributed by atoms with Crippen LogP contribution in [0.3, 0.4) is 0 Å². The second-order valence-electron chi connectivity index (χ2n) is 3.75. The maximum Gasteiger partial charge on any atom is 0.205 e. The van der Waals surface area contributed by atoms with Crippen LogP contribution < -0.4 is 20.6 Å². The summed E-state index contributed by atoms with van der Waals surface area (Å²) in [4.78, 5) is 11.8. The summed E-state index contributed by atoms with van der Waals surface area (Å²) in [5.74, 6) is 1.52. The van der Waals surface area contributed by atoms with Gasteiger partial charge in [0, 0.05) is 6.07 Å². The molecule has 0 saturated carbocycles. The Morgan fingerprint density at radius 1 is 1.24 bits per heavy atom. The van der Waals surface area contributed by atoms with Gasteiger partial charge in [0.15, 0.2) is 16.8 Å². The largest absolute Gasteiger partial charge is 0.486 e. The van der Waals surface area contributed by atoms with E-state index in [0.29, 0.717) is 41.4 Å². The Balaban J connectivity index is 2.37. The molecule has 1 aromatic heterocycles. The number of nitrogens with two attached hydrogens (primary N) is 1. The van der Waals surface area contributed by atoms with Crippen LogP contribution in [0, 0.1) is 0 Å². The molecule has 0 unspecified atom stereocenters. The lowest BCUT2D eigenvalue weighted by atomic mass is 10.2. The molecular weight excluding hydrogens is 222 g/mol. The first-order valence-corrected chi connectivity index (χ1v) is 5.35. The van der Waals surface area contributed by atoms with Crippen molar-refractivity contribution in [2.75, 3.05) is 13.2 Å². The molecule has 0 amide bonds. The molecule has 0 aliphatic carbocycles. The molecule has 2 aromatic rings. The zero-order valence-corrected chi connectivity index (χ0v) is 9.06. The van der Waals surface area contributed by atoms with Gasteiger partial charge in [-0.15, -0.1) is 0 Å². The minimum Gasteiger partial charge on any atom is -0.486 e. The van der Waals surface area contributed by atoms with Crippen LogP contribution in [-0.4, -0.2) is 13.2 Å². The smallest absolute Gasteiger partial charge is 0.205 e. The summed E-state index contributed by atoms with van der Waals surface area (Å²) < 4.78 is 16.5. The summed E-state index contributed by atoms with van der Waals surface area (Å²) in [5, 5.41) is 0.478. The summed E-state index contributed by atoms with van der Waals surface area (Å²) >= 11 is 0. The average Bonchev–Trinajstić information content (AvgIpc) is 2.38. The maximum absolute atomic E-state index is 11.8. The topological polar surface area (TPSA) is 74.7 Å². The molecule has 5 heteroatoms. The van der Waals surface area contributed by atoms with Gasteiger partial charge < -0.3 is 19.6 Å². The fourth-order valence-electron chi connectivity index (χ4n) is 1.87. The molecule has 0 saturated heterocycles. The molecule has 3 rings (SSSR count). The Kier molecular flexibility index (Phi) is 2.26. The van der Waals surface area contributed by atoms with Crippen molar-refractivity contribution in [2.45, 2.75) is 6.54 Å². The highest BCUT2D eigenvalue weighted by Gasteiger charge is 2.18. The molecule has 5 nitrogen and oxygen atoms in total. The highest BCUT2D eigenvalue weighted by atomic mass is 16.6. The Labute approximate surface area is 96.7 Å². The van der Waals surface area contributed by atoms with Crippen molar-refractivity contribution in [1.82, 2.24) is 0 Å². The van der Waals surface area contributed by atoms with E-state index < -0.39 is 0 Å². The normalized spacial score (nSPS) is 13.9. The molecule has 1 aromatic carbocycles. The Morgan fingerprint density at radius 3 is 2.88 bits per heavy atom. The van der Waals surface area contributed by atoms with Crippen molar-refractivity contribution in [3.8, 4) is 11.5 Å². The van der Waals surface area contributed by atoms with Crippen LogP contribution in [0.2, 0.25) is 0 Å². The van der Waals surface area contributed by atoms with Crippen LogP contribution >= 0.6 is 0 Å². The van der Waals surface area contributed by atoms with Crippen molar-refractivity contribution in [3.05, 3.63) is 34.2 Å². The molecule has 0 fully saturated rings. The van der Waals surface area contributed by atoms with E-state index in [1.165, 1.54) is 6.07 Å². The van der Waals surface area contributed by atoms with E-state index in [4.69, 9.17) is 19.6 Å². The monoisotopic (exact) mass is 233 g/mol. The summed E-state index contributed by atoms with van der Waals surface area (Å²) in [7, 11) is 0. The predicted octanol–water partition coefficient (Wildman–Crippen LogP) is 1.02. The fraction of sp³-hybridized carbons (Fsp3) is 0.250. The van der Waals surface area contributed by atoms with Gasteiger partial charge in [0.2, 0.25) is 5.75 Å². The molecule has 2 heterocycles. The Morgan fingerprint density at radius 2 is 2.06 bits per heavy atom. The van der Waals surface area contributed by atoms with E-state index in [-0.39, 0.29) is 12.0 Å². The second kappa shape index (κ2) is 3.78. The van der Waals surface area contributed by atoms with Gasteiger partial charge in [-0.25, -0.2) is 0 Å². The minimum atomic E-state index is -0.122. The van der Waals surface area contributed by atoms with Crippen LogP contribution in [0.4, 0.5) is 0 Å². The predicted molar refractivity (Wildman–Crippen MR) is 61.4 cm³/mol. The number of hydrogen-bond acceptors (Lipinski definition) is 5. The molecule has 0 bridgehead atoms. The van der Waals surface area contributed by atoms with Crippen LogP contribution in [0.1, 0.15) is 5.76 Å². The molecule has 0 spiro atoms. The number of ether oxygens (including phenoxy) is 2. The average molecular weight is 233 g/mol. The van der Waals surface area contributed by atoms with Gasteiger partial charge in [-0.05, 0) is 12.1 Å².